The lowest BCUT2D eigenvalue weighted by Crippen LogP contribution is -2.29. The molecule has 20 aromatic carbocycles. The van der Waals surface area contributed by atoms with Gasteiger partial charge in [-0.25, -0.2) is 0 Å². The van der Waals surface area contributed by atoms with Crippen LogP contribution in [0, 0.1) is 13.8 Å². The van der Waals surface area contributed by atoms with Gasteiger partial charge in [0.2, 0.25) is 0 Å². The molecule has 20 aromatic rings. The quantitative estimate of drug-likeness (QED) is 0.0488. The van der Waals surface area contributed by atoms with E-state index in [0.717, 1.165) is 82.8 Å². The van der Waals surface area contributed by atoms with Gasteiger partial charge in [0.1, 0.15) is 23.0 Å². The molecule has 4 aliphatic rings. The Morgan fingerprint density at radius 1 is 0.222 bits per heavy atom. The molecule has 0 bridgehead atoms. The second-order valence-corrected chi connectivity index (χ2v) is 40.0. The van der Waals surface area contributed by atoms with Crippen molar-refractivity contribution < 1.29 is 9.47 Å². The van der Waals surface area contributed by atoms with E-state index in [0.29, 0.717) is 23.7 Å². The molecule has 4 nitrogen and oxygen atoms in total. The van der Waals surface area contributed by atoms with E-state index in [1.807, 2.05) is 0 Å². The third-order valence-electron chi connectivity index (χ3n) is 31.3. The molecule has 0 amide bonds. The first kappa shape index (κ1) is 91.4. The van der Waals surface area contributed by atoms with Crippen molar-refractivity contribution in [2.45, 2.75) is 127 Å². The van der Waals surface area contributed by atoms with Gasteiger partial charge in [0.15, 0.2) is 0 Å². The monoisotopic (exact) mass is 1860 g/mol. The van der Waals surface area contributed by atoms with Crippen molar-refractivity contribution in [2.24, 2.45) is 0 Å². The van der Waals surface area contributed by atoms with Crippen LogP contribution >= 0.6 is 0 Å². The second-order valence-electron chi connectivity index (χ2n) is 40.0. The second kappa shape index (κ2) is 39.9. The number of benzene rings is 20. The molecular weight excluding hydrogens is 1740 g/mol. The van der Waals surface area contributed by atoms with Gasteiger partial charge in [0, 0.05) is 34.1 Å². The molecule has 0 saturated carbocycles. The molecule has 4 aliphatic carbocycles. The van der Waals surface area contributed by atoms with E-state index in [-0.39, 0.29) is 0 Å². The summed E-state index contributed by atoms with van der Waals surface area (Å²) in [6, 6.07) is 179. The van der Waals surface area contributed by atoms with Crippen LogP contribution in [0.1, 0.15) is 177 Å². The summed E-state index contributed by atoms with van der Waals surface area (Å²) in [5.41, 5.74) is 44.1. The number of rotatable bonds is 28. The summed E-state index contributed by atoms with van der Waals surface area (Å²) in [5, 5.41) is 0. The van der Waals surface area contributed by atoms with Crippen LogP contribution in [0.3, 0.4) is 0 Å². The Morgan fingerprint density at radius 2 is 0.493 bits per heavy atom. The SMILES string of the molecule is CCC(CC(C)c1ccc(Oc2ccc(C3(c4cc(C)cc(C)c4)c4ccccc4-c4ccc(N(c5ccc(-c6ccccc6)cc5)c5ccc(-c6ccccc6)cc5)cc43)cc2)cc1)c1ccc2c(c1)CC2.CCC(CC(C)c1ccc(Oc2ccc(C3(c4ccccc4)c4ccccc4-c4ccc(N(c5ccc(-c6ccccc6)cc5)c5ccc(-c6ccccc6)cc5)cc43)cc2)cc1)c1ccc2c(c1)CC2. The fourth-order valence-electron chi connectivity index (χ4n) is 23.6. The number of nitrogens with zero attached hydrogens (tertiary/aromatic N) is 2. The van der Waals surface area contributed by atoms with E-state index in [1.165, 1.54) is 181 Å². The molecule has 0 fully saturated rings. The average molecular weight is 1860 g/mol. The van der Waals surface area contributed by atoms with Gasteiger partial charge in [-0.05, 0) is 366 Å². The molecule has 0 aliphatic heterocycles. The van der Waals surface area contributed by atoms with Crippen molar-refractivity contribution >= 4 is 34.1 Å². The summed E-state index contributed by atoms with van der Waals surface area (Å²) in [5.74, 6) is 5.32. The van der Waals surface area contributed by atoms with Gasteiger partial charge >= 0.3 is 0 Å². The maximum Gasteiger partial charge on any atom is 0.127 e. The highest BCUT2D eigenvalue weighted by atomic mass is 16.5. The number of hydrogen-bond acceptors (Lipinski definition) is 4. The summed E-state index contributed by atoms with van der Waals surface area (Å²) in [4.78, 5) is 4.82. The number of fused-ring (bicyclic) bond motifs is 8. The number of aryl methyl sites for hydroxylation is 6. The molecule has 24 rings (SSSR count). The fraction of sp³-hybridized carbons (Fsp3) is 0.143. The van der Waals surface area contributed by atoms with E-state index in [9.17, 15) is 0 Å². The number of ether oxygens (including phenoxy) is 2. The summed E-state index contributed by atoms with van der Waals surface area (Å²) in [6.07, 6.45) is 9.49. The standard InChI is InChI=1S/C71H61NO.C69H57NO/c1-5-51(58-22-20-57-21-23-59(57)46-58)45-50(4)52-28-37-65(38-29-52)73-66-39-30-60(31-40-66)71(61-43-48(2)42-49(3)44-61)69-19-13-12-18-67(69)68-41-36-64(47-70(68)71)72(62-32-24-55(25-33-62)53-14-8-6-9-15-53)63-34-26-56(27-35-63)54-16-10-7-11-17-54;1-3-49(56-25-23-55-24-26-57(55)46-56)45-48(2)50-31-40-63(41-32-50)71-64-42-33-59(34-43-64)69(58-19-11-6-12-20-58)67-22-14-13-21-65(67)66-44-39-62(47-68(66)69)70(60-35-27-53(28-36-60)51-15-7-4-8-16-51)61-37-29-54(30-38-61)52-17-9-5-10-18-52/h6-20,22,24-44,46-47,50-51H,5,21,23,45H2,1-4H3;4-23,25,27-44,46-49H,3,24,26,45H2,1-2H3. The van der Waals surface area contributed by atoms with Crippen LogP contribution in [0.4, 0.5) is 34.1 Å². The smallest absolute Gasteiger partial charge is 0.127 e. The van der Waals surface area contributed by atoms with Crippen LogP contribution in [0.5, 0.6) is 23.0 Å². The Kier molecular flexibility index (Phi) is 25.3. The Morgan fingerprint density at radius 3 is 0.812 bits per heavy atom. The van der Waals surface area contributed by atoms with Crippen molar-refractivity contribution in [3.05, 3.63) is 585 Å². The molecule has 0 heterocycles. The van der Waals surface area contributed by atoms with E-state index >= 15 is 0 Å². The first-order chi connectivity index (χ1) is 70.8. The summed E-state index contributed by atoms with van der Waals surface area (Å²) >= 11 is 0. The van der Waals surface area contributed by atoms with Gasteiger partial charge in [-0.2, -0.15) is 0 Å². The largest absolute Gasteiger partial charge is 0.457 e. The highest BCUT2D eigenvalue weighted by molar-refractivity contribution is 5.93. The Bertz CT molecular complexity index is 7760. The predicted octanol–water partition coefficient (Wildman–Crippen LogP) is 37.5. The first-order valence-corrected chi connectivity index (χ1v) is 51.7. The van der Waals surface area contributed by atoms with E-state index in [1.54, 1.807) is 11.1 Å². The molecule has 6 atom stereocenters. The zero-order chi connectivity index (χ0) is 97.2. The van der Waals surface area contributed by atoms with E-state index in [2.05, 4.69) is 537 Å². The molecule has 700 valence electrons. The minimum atomic E-state index is -0.619. The van der Waals surface area contributed by atoms with Crippen LogP contribution < -0.4 is 19.3 Å². The van der Waals surface area contributed by atoms with Crippen LogP contribution in [-0.2, 0) is 36.5 Å². The van der Waals surface area contributed by atoms with Crippen LogP contribution in [0.25, 0.3) is 66.8 Å². The number of anilines is 6. The molecule has 0 radical (unpaired) electrons. The minimum Gasteiger partial charge on any atom is -0.457 e. The summed E-state index contributed by atoms with van der Waals surface area (Å²) in [6.45, 7) is 13.8. The van der Waals surface area contributed by atoms with E-state index < -0.39 is 10.8 Å². The molecule has 0 spiro atoms. The van der Waals surface area contributed by atoms with Gasteiger partial charge in [0.05, 0.1) is 10.8 Å². The third kappa shape index (κ3) is 17.7. The summed E-state index contributed by atoms with van der Waals surface area (Å²) < 4.78 is 13.3. The Labute approximate surface area is 850 Å². The molecule has 0 N–H and O–H groups in total. The highest BCUT2D eigenvalue weighted by Crippen LogP contribution is 2.61. The van der Waals surface area contributed by atoms with Crippen molar-refractivity contribution in [3.63, 3.8) is 0 Å². The van der Waals surface area contributed by atoms with Crippen LogP contribution in [0.15, 0.2) is 485 Å². The minimum absolute atomic E-state index is 0.441. The highest BCUT2D eigenvalue weighted by Gasteiger charge is 2.49. The van der Waals surface area contributed by atoms with Gasteiger partial charge in [-0.15, -0.1) is 0 Å². The lowest BCUT2D eigenvalue weighted by molar-refractivity contribution is 0.481. The first-order valence-electron chi connectivity index (χ1n) is 51.7. The Balaban J connectivity index is 0.000000160. The maximum absolute atomic E-state index is 6.66. The summed E-state index contributed by atoms with van der Waals surface area (Å²) in [7, 11) is 0. The molecule has 144 heavy (non-hydrogen) atoms. The molecule has 0 saturated heterocycles. The predicted molar refractivity (Wildman–Crippen MR) is 601 cm³/mol. The van der Waals surface area contributed by atoms with Crippen molar-refractivity contribution in [1.82, 2.24) is 0 Å². The lowest BCUT2D eigenvalue weighted by Gasteiger charge is -2.35. The van der Waals surface area contributed by atoms with Gasteiger partial charge in [-0.3, -0.25) is 0 Å². The maximum atomic E-state index is 6.66. The van der Waals surface area contributed by atoms with Crippen LogP contribution in [-0.4, -0.2) is 0 Å². The van der Waals surface area contributed by atoms with Crippen molar-refractivity contribution in [1.29, 1.82) is 0 Å². The molecule has 4 heteroatoms. The molecular formula is C140H118N2O2. The number of hydrogen-bond donors (Lipinski definition) is 0. The normalized spacial score (nSPS) is 15.1. The zero-order valence-electron chi connectivity index (χ0n) is 82.9. The van der Waals surface area contributed by atoms with Gasteiger partial charge in [0.25, 0.3) is 0 Å². The molecule has 6 unspecified atom stereocenters. The van der Waals surface area contributed by atoms with E-state index in [4.69, 9.17) is 9.47 Å². The third-order valence-corrected chi connectivity index (χ3v) is 31.3. The van der Waals surface area contributed by atoms with Crippen molar-refractivity contribution in [2.75, 3.05) is 9.80 Å². The van der Waals surface area contributed by atoms with Gasteiger partial charge in [-0.1, -0.05) is 403 Å². The van der Waals surface area contributed by atoms with Gasteiger partial charge < -0.3 is 19.3 Å². The Hall–Kier alpha value is -16.4. The lowest BCUT2D eigenvalue weighted by atomic mass is 9.67. The fourth-order valence-corrected chi connectivity index (χ4v) is 23.6. The zero-order valence-corrected chi connectivity index (χ0v) is 82.9. The van der Waals surface area contributed by atoms with Crippen molar-refractivity contribution in [3.8, 4) is 89.8 Å². The topological polar surface area (TPSA) is 24.9 Å². The molecule has 0 aromatic heterocycles. The average Bonchev–Trinajstić information content (AvgIpc) is 1.51. The van der Waals surface area contributed by atoms with Crippen LogP contribution in [0.2, 0.25) is 0 Å².